The predicted molar refractivity (Wildman–Crippen MR) is 83.6 cm³/mol. The second-order valence-electron chi connectivity index (χ2n) is 6.40. The summed E-state index contributed by atoms with van der Waals surface area (Å²) >= 11 is 0. The molecule has 0 bridgehead atoms. The number of benzene rings is 1. The molecule has 0 radical (unpaired) electrons. The minimum atomic E-state index is 0.476. The molecule has 1 atom stereocenters. The molecule has 0 saturated heterocycles. The molecule has 19 heavy (non-hydrogen) atoms. The average molecular weight is 259 g/mol. The van der Waals surface area contributed by atoms with Gasteiger partial charge in [0.05, 0.1) is 0 Å². The molecule has 0 aliphatic heterocycles. The Hall–Kier alpha value is -0.820. The van der Waals surface area contributed by atoms with Gasteiger partial charge in [-0.3, -0.25) is 0 Å². The molecule has 1 N–H and O–H groups in total. The number of hydrogen-bond donors (Lipinski definition) is 1. The molecule has 0 aromatic heterocycles. The highest BCUT2D eigenvalue weighted by Gasteiger charge is 2.15. The van der Waals surface area contributed by atoms with E-state index in [9.17, 15) is 0 Å². The Bertz CT molecular complexity index is 358. The SMILES string of the molecule is CC(C)c1ccc(C(C)NC2CCCCCC2)cc1. The summed E-state index contributed by atoms with van der Waals surface area (Å²) in [6.45, 7) is 6.81. The van der Waals surface area contributed by atoms with Gasteiger partial charge in [0.1, 0.15) is 0 Å². The Balaban J connectivity index is 1.92. The third-order valence-corrected chi connectivity index (χ3v) is 4.44. The third-order valence-electron chi connectivity index (χ3n) is 4.44. The van der Waals surface area contributed by atoms with Crippen LogP contribution in [0.4, 0.5) is 0 Å². The summed E-state index contributed by atoms with van der Waals surface area (Å²) in [5, 5.41) is 3.82. The zero-order valence-corrected chi connectivity index (χ0v) is 12.8. The highest BCUT2D eigenvalue weighted by Crippen LogP contribution is 2.22. The van der Waals surface area contributed by atoms with Gasteiger partial charge < -0.3 is 5.32 Å². The van der Waals surface area contributed by atoms with Crippen LogP contribution in [-0.4, -0.2) is 6.04 Å². The Kier molecular flexibility index (Phi) is 5.45. The first-order valence-corrected chi connectivity index (χ1v) is 8.02. The molecule has 1 aliphatic rings. The van der Waals surface area contributed by atoms with Gasteiger partial charge in [0, 0.05) is 12.1 Å². The summed E-state index contributed by atoms with van der Waals surface area (Å²) in [6.07, 6.45) is 8.36. The van der Waals surface area contributed by atoms with Crippen LogP contribution in [0.25, 0.3) is 0 Å². The summed E-state index contributed by atoms with van der Waals surface area (Å²) in [4.78, 5) is 0. The van der Waals surface area contributed by atoms with Crippen LogP contribution in [-0.2, 0) is 0 Å². The van der Waals surface area contributed by atoms with Crippen molar-refractivity contribution >= 4 is 0 Å². The summed E-state index contributed by atoms with van der Waals surface area (Å²) in [5.41, 5.74) is 2.86. The van der Waals surface area contributed by atoms with Gasteiger partial charge in [-0.25, -0.2) is 0 Å². The molecule has 1 aliphatic carbocycles. The molecule has 106 valence electrons. The van der Waals surface area contributed by atoms with Crippen LogP contribution in [0.1, 0.15) is 82.4 Å². The standard InChI is InChI=1S/C18H29N/c1-14(2)16-10-12-17(13-11-16)15(3)19-18-8-6-4-5-7-9-18/h10-15,18-19H,4-9H2,1-3H3. The van der Waals surface area contributed by atoms with Crippen molar-refractivity contribution in [2.24, 2.45) is 0 Å². The van der Waals surface area contributed by atoms with Crippen LogP contribution in [0.15, 0.2) is 24.3 Å². The lowest BCUT2D eigenvalue weighted by atomic mass is 9.98. The molecule has 0 spiro atoms. The smallest absolute Gasteiger partial charge is 0.0294 e. The highest BCUT2D eigenvalue weighted by molar-refractivity contribution is 5.26. The van der Waals surface area contributed by atoms with Crippen molar-refractivity contribution in [2.75, 3.05) is 0 Å². The summed E-state index contributed by atoms with van der Waals surface area (Å²) in [7, 11) is 0. The van der Waals surface area contributed by atoms with E-state index in [1.165, 1.54) is 49.7 Å². The summed E-state index contributed by atoms with van der Waals surface area (Å²) < 4.78 is 0. The molecule has 1 aromatic rings. The lowest BCUT2D eigenvalue weighted by Gasteiger charge is -2.22. The number of hydrogen-bond acceptors (Lipinski definition) is 1. The van der Waals surface area contributed by atoms with Gasteiger partial charge in [0.15, 0.2) is 0 Å². The van der Waals surface area contributed by atoms with Crippen molar-refractivity contribution in [3.63, 3.8) is 0 Å². The van der Waals surface area contributed by atoms with Gasteiger partial charge in [0.2, 0.25) is 0 Å². The van der Waals surface area contributed by atoms with Crippen molar-refractivity contribution < 1.29 is 0 Å². The van der Waals surface area contributed by atoms with Crippen LogP contribution in [0.5, 0.6) is 0 Å². The van der Waals surface area contributed by atoms with Crippen molar-refractivity contribution in [1.82, 2.24) is 5.32 Å². The van der Waals surface area contributed by atoms with Crippen LogP contribution < -0.4 is 5.32 Å². The topological polar surface area (TPSA) is 12.0 Å². The van der Waals surface area contributed by atoms with Crippen molar-refractivity contribution in [1.29, 1.82) is 0 Å². The van der Waals surface area contributed by atoms with Gasteiger partial charge in [-0.15, -0.1) is 0 Å². The van der Waals surface area contributed by atoms with E-state index in [0.29, 0.717) is 12.0 Å². The van der Waals surface area contributed by atoms with Gasteiger partial charge in [-0.2, -0.15) is 0 Å². The average Bonchev–Trinajstić information content (AvgIpc) is 2.67. The zero-order chi connectivity index (χ0) is 13.7. The van der Waals surface area contributed by atoms with Crippen molar-refractivity contribution in [2.45, 2.75) is 77.3 Å². The van der Waals surface area contributed by atoms with E-state index in [-0.39, 0.29) is 0 Å². The zero-order valence-electron chi connectivity index (χ0n) is 12.8. The highest BCUT2D eigenvalue weighted by atomic mass is 14.9. The minimum absolute atomic E-state index is 0.476. The summed E-state index contributed by atoms with van der Waals surface area (Å²) in [5.74, 6) is 0.624. The van der Waals surface area contributed by atoms with Crippen molar-refractivity contribution in [3.05, 3.63) is 35.4 Å². The molecule has 2 rings (SSSR count). The Morgan fingerprint density at radius 1 is 0.842 bits per heavy atom. The fraction of sp³-hybridized carbons (Fsp3) is 0.667. The van der Waals surface area contributed by atoms with Gasteiger partial charge in [-0.05, 0) is 36.8 Å². The maximum absolute atomic E-state index is 3.82. The molecule has 1 saturated carbocycles. The normalized spacial score (nSPS) is 19.4. The first kappa shape index (κ1) is 14.6. The van der Waals surface area contributed by atoms with E-state index in [1.807, 2.05) is 0 Å². The van der Waals surface area contributed by atoms with Gasteiger partial charge in [-0.1, -0.05) is 63.8 Å². The third kappa shape index (κ3) is 4.35. The molecule has 1 heteroatoms. The largest absolute Gasteiger partial charge is 0.307 e. The van der Waals surface area contributed by atoms with E-state index in [4.69, 9.17) is 0 Å². The number of rotatable bonds is 4. The second kappa shape index (κ2) is 7.09. The van der Waals surface area contributed by atoms with Crippen LogP contribution >= 0.6 is 0 Å². The molecule has 1 nitrogen and oxygen atoms in total. The van der Waals surface area contributed by atoms with E-state index in [0.717, 1.165) is 6.04 Å². The number of nitrogens with one attached hydrogen (secondary N) is 1. The Morgan fingerprint density at radius 3 is 1.89 bits per heavy atom. The van der Waals surface area contributed by atoms with E-state index in [2.05, 4.69) is 50.4 Å². The fourth-order valence-electron chi connectivity index (χ4n) is 3.07. The molecular weight excluding hydrogens is 230 g/mol. The molecule has 0 amide bonds. The molecule has 1 unspecified atom stereocenters. The minimum Gasteiger partial charge on any atom is -0.307 e. The maximum atomic E-state index is 3.82. The fourth-order valence-corrected chi connectivity index (χ4v) is 3.07. The Labute approximate surface area is 118 Å². The van der Waals surface area contributed by atoms with Crippen LogP contribution in [0.3, 0.4) is 0 Å². The van der Waals surface area contributed by atoms with Gasteiger partial charge in [0.25, 0.3) is 0 Å². The second-order valence-corrected chi connectivity index (χ2v) is 6.40. The lowest BCUT2D eigenvalue weighted by Crippen LogP contribution is -2.31. The molecular formula is C18H29N. The predicted octanol–water partition coefficient (Wildman–Crippen LogP) is 5.18. The molecule has 1 aromatic carbocycles. The van der Waals surface area contributed by atoms with E-state index in [1.54, 1.807) is 0 Å². The van der Waals surface area contributed by atoms with Gasteiger partial charge >= 0.3 is 0 Å². The Morgan fingerprint density at radius 2 is 1.37 bits per heavy atom. The lowest BCUT2D eigenvalue weighted by molar-refractivity contribution is 0.414. The first-order chi connectivity index (χ1) is 9.16. The quantitative estimate of drug-likeness (QED) is 0.734. The van der Waals surface area contributed by atoms with Crippen LogP contribution in [0.2, 0.25) is 0 Å². The maximum Gasteiger partial charge on any atom is 0.0294 e. The van der Waals surface area contributed by atoms with Crippen LogP contribution in [0, 0.1) is 0 Å². The van der Waals surface area contributed by atoms with Crippen molar-refractivity contribution in [3.8, 4) is 0 Å². The van der Waals surface area contributed by atoms with E-state index >= 15 is 0 Å². The monoisotopic (exact) mass is 259 g/mol. The molecule has 0 heterocycles. The van der Waals surface area contributed by atoms with E-state index < -0.39 is 0 Å². The molecule has 1 fully saturated rings. The first-order valence-electron chi connectivity index (χ1n) is 8.02. The summed E-state index contributed by atoms with van der Waals surface area (Å²) in [6, 6.07) is 10.4.